The molecular weight excluding hydrogens is 300 g/mol. The highest BCUT2D eigenvalue weighted by molar-refractivity contribution is 5.94. The van der Waals surface area contributed by atoms with E-state index in [9.17, 15) is 15.0 Å². The van der Waals surface area contributed by atoms with Crippen molar-refractivity contribution in [3.05, 3.63) is 0 Å². The molecule has 136 valence electrons. The van der Waals surface area contributed by atoms with Gasteiger partial charge in [0.15, 0.2) is 0 Å². The maximum atomic E-state index is 12.4. The van der Waals surface area contributed by atoms with Gasteiger partial charge in [-0.25, -0.2) is 0 Å². The summed E-state index contributed by atoms with van der Waals surface area (Å²) in [5, 5.41) is 20.5. The van der Waals surface area contributed by atoms with Gasteiger partial charge in [-0.2, -0.15) is 0 Å². The van der Waals surface area contributed by atoms with E-state index >= 15 is 0 Å². The van der Waals surface area contributed by atoms with Gasteiger partial charge in [0.05, 0.1) is 12.0 Å². The molecule has 3 nitrogen and oxygen atoms in total. The molecule has 0 saturated heterocycles. The van der Waals surface area contributed by atoms with Gasteiger partial charge in [0.2, 0.25) is 0 Å². The number of rotatable bonds is 7. The van der Waals surface area contributed by atoms with Crippen molar-refractivity contribution in [3.63, 3.8) is 0 Å². The average Bonchev–Trinajstić information content (AvgIpc) is 2.57. The number of aliphatic hydroxyl groups excluding tert-OH is 2. The van der Waals surface area contributed by atoms with Crippen molar-refractivity contribution in [1.82, 2.24) is 0 Å². The molecule has 2 rings (SSSR count). The minimum absolute atomic E-state index is 0.0374. The monoisotopic (exact) mass is 334 g/mol. The van der Waals surface area contributed by atoms with E-state index in [1.165, 1.54) is 19.3 Å². The summed E-state index contributed by atoms with van der Waals surface area (Å²) in [7, 11) is 0. The van der Waals surface area contributed by atoms with Crippen molar-refractivity contribution in [1.29, 1.82) is 0 Å². The fraction of sp³-hybridized carbons (Fsp3) is 0.857. The first-order valence-electron chi connectivity index (χ1n) is 9.87. The summed E-state index contributed by atoms with van der Waals surface area (Å²) < 4.78 is 0. The number of fused-ring (bicyclic) bond motifs is 1. The van der Waals surface area contributed by atoms with E-state index in [1.54, 1.807) is 0 Å². The van der Waals surface area contributed by atoms with Crippen LogP contribution in [0.2, 0.25) is 0 Å². The molecule has 2 N–H and O–H groups in total. The molecular formula is C21H34O3. The molecule has 6 atom stereocenters. The molecule has 2 fully saturated rings. The molecule has 0 heterocycles. The van der Waals surface area contributed by atoms with Crippen LogP contribution in [0.5, 0.6) is 0 Å². The van der Waals surface area contributed by atoms with Gasteiger partial charge < -0.3 is 10.2 Å². The first-order chi connectivity index (χ1) is 11.5. The van der Waals surface area contributed by atoms with Crippen LogP contribution in [-0.2, 0) is 4.79 Å². The Bertz CT molecular complexity index is 489. The van der Waals surface area contributed by atoms with Crippen molar-refractivity contribution in [2.45, 2.75) is 90.8 Å². The van der Waals surface area contributed by atoms with E-state index in [1.807, 2.05) is 13.8 Å². The number of unbranched alkanes of at least 4 members (excludes halogenated alkanes) is 4. The highest BCUT2D eigenvalue weighted by atomic mass is 16.3. The Morgan fingerprint density at radius 3 is 2.62 bits per heavy atom. The van der Waals surface area contributed by atoms with E-state index in [0.717, 1.165) is 25.7 Å². The topological polar surface area (TPSA) is 57.5 Å². The van der Waals surface area contributed by atoms with Crippen molar-refractivity contribution < 1.29 is 15.0 Å². The molecule has 0 spiro atoms. The van der Waals surface area contributed by atoms with Gasteiger partial charge in [0.1, 0.15) is 11.9 Å². The fourth-order valence-electron chi connectivity index (χ4n) is 4.73. The number of hydrogen-bond donors (Lipinski definition) is 2. The van der Waals surface area contributed by atoms with Crippen molar-refractivity contribution in [2.75, 3.05) is 0 Å². The van der Waals surface area contributed by atoms with Crippen molar-refractivity contribution >= 4 is 5.78 Å². The van der Waals surface area contributed by atoms with Crippen LogP contribution in [0.4, 0.5) is 0 Å². The van der Waals surface area contributed by atoms with Gasteiger partial charge in [0.25, 0.3) is 0 Å². The summed E-state index contributed by atoms with van der Waals surface area (Å²) in [5.41, 5.74) is -0.301. The van der Waals surface area contributed by atoms with Crippen LogP contribution in [-0.4, -0.2) is 28.2 Å². The SMILES string of the molecule is CCCCCCC[C@H](O)C#C[C@@H]1[C@@H](O)CC[C@@]2(C)C(=O)C(CC)[C@@H]12. The summed E-state index contributed by atoms with van der Waals surface area (Å²) in [6, 6.07) is 0. The highest BCUT2D eigenvalue weighted by Crippen LogP contribution is 2.59. The van der Waals surface area contributed by atoms with Crippen LogP contribution in [0, 0.1) is 35.0 Å². The second-order valence-electron chi connectivity index (χ2n) is 7.96. The molecule has 0 radical (unpaired) electrons. The third kappa shape index (κ3) is 3.86. The van der Waals surface area contributed by atoms with E-state index in [0.29, 0.717) is 18.6 Å². The van der Waals surface area contributed by atoms with Gasteiger partial charge in [-0.15, -0.1) is 0 Å². The quantitative estimate of drug-likeness (QED) is 0.551. The Morgan fingerprint density at radius 2 is 1.96 bits per heavy atom. The molecule has 0 amide bonds. The number of carbonyl (C=O) groups is 1. The van der Waals surface area contributed by atoms with Gasteiger partial charge in [-0.1, -0.05) is 58.3 Å². The van der Waals surface area contributed by atoms with Gasteiger partial charge in [-0.3, -0.25) is 4.79 Å². The van der Waals surface area contributed by atoms with Gasteiger partial charge in [0, 0.05) is 11.3 Å². The fourth-order valence-corrected chi connectivity index (χ4v) is 4.73. The molecule has 0 aromatic carbocycles. The summed E-state index contributed by atoms with van der Waals surface area (Å²) in [6.45, 7) is 6.27. The molecule has 2 aliphatic rings. The van der Waals surface area contributed by atoms with Gasteiger partial charge in [-0.05, 0) is 38.0 Å². The van der Waals surface area contributed by atoms with Crippen LogP contribution < -0.4 is 0 Å². The Morgan fingerprint density at radius 1 is 1.25 bits per heavy atom. The van der Waals surface area contributed by atoms with Crippen LogP contribution in [0.3, 0.4) is 0 Å². The van der Waals surface area contributed by atoms with Crippen LogP contribution >= 0.6 is 0 Å². The molecule has 2 aliphatic carbocycles. The number of carbonyl (C=O) groups excluding carboxylic acids is 1. The lowest BCUT2D eigenvalue weighted by Crippen LogP contribution is -2.62. The van der Waals surface area contributed by atoms with Gasteiger partial charge >= 0.3 is 0 Å². The zero-order valence-corrected chi connectivity index (χ0v) is 15.6. The van der Waals surface area contributed by atoms with Crippen LogP contribution in [0.25, 0.3) is 0 Å². The minimum Gasteiger partial charge on any atom is -0.392 e. The zero-order chi connectivity index (χ0) is 17.7. The first kappa shape index (κ1) is 19.5. The molecule has 3 heteroatoms. The van der Waals surface area contributed by atoms with E-state index in [4.69, 9.17) is 0 Å². The molecule has 0 aromatic rings. The lowest BCUT2D eigenvalue weighted by molar-refractivity contribution is -0.171. The molecule has 2 saturated carbocycles. The summed E-state index contributed by atoms with van der Waals surface area (Å²) >= 11 is 0. The van der Waals surface area contributed by atoms with Crippen molar-refractivity contribution in [2.24, 2.45) is 23.2 Å². The number of Topliss-reactive ketones (excluding diaryl/α,β-unsaturated/α-hetero) is 1. The smallest absolute Gasteiger partial charge is 0.142 e. The Balaban J connectivity index is 1.93. The third-order valence-corrected chi connectivity index (χ3v) is 6.27. The maximum absolute atomic E-state index is 12.4. The van der Waals surface area contributed by atoms with Crippen LogP contribution in [0.1, 0.15) is 78.6 Å². The van der Waals surface area contributed by atoms with E-state index < -0.39 is 12.2 Å². The summed E-state index contributed by atoms with van der Waals surface area (Å²) in [4.78, 5) is 12.4. The van der Waals surface area contributed by atoms with E-state index in [2.05, 4.69) is 18.8 Å². The Hall–Kier alpha value is -0.850. The number of hydrogen-bond acceptors (Lipinski definition) is 3. The molecule has 0 bridgehead atoms. The zero-order valence-electron chi connectivity index (χ0n) is 15.6. The van der Waals surface area contributed by atoms with Crippen molar-refractivity contribution in [3.8, 4) is 11.8 Å². The molecule has 1 unspecified atom stereocenters. The predicted octanol–water partition coefficient (Wildman–Crippen LogP) is 3.71. The van der Waals surface area contributed by atoms with E-state index in [-0.39, 0.29) is 23.2 Å². The average molecular weight is 335 g/mol. The minimum atomic E-state index is -0.608. The maximum Gasteiger partial charge on any atom is 0.142 e. The number of aliphatic hydroxyl groups is 2. The Kier molecular flexibility index (Phi) is 6.89. The predicted molar refractivity (Wildman–Crippen MR) is 96.3 cm³/mol. The standard InChI is InChI=1S/C21H34O3/c1-4-6-7-8-9-10-15(22)11-12-17-18(23)13-14-21(3)19(17)16(5-2)20(21)24/h15-19,22-23H,4-10,13-14H2,1-3H3/t15-,16?,17+,18-,19-,21+/m0/s1. The third-order valence-electron chi connectivity index (χ3n) is 6.27. The molecule has 0 aliphatic heterocycles. The summed E-state index contributed by atoms with van der Waals surface area (Å²) in [5.74, 6) is 6.51. The second kappa shape index (κ2) is 8.50. The lowest BCUT2D eigenvalue weighted by Gasteiger charge is -2.57. The second-order valence-corrected chi connectivity index (χ2v) is 7.96. The summed E-state index contributed by atoms with van der Waals surface area (Å²) in [6.07, 6.45) is 7.71. The largest absolute Gasteiger partial charge is 0.392 e. The Labute approximate surface area is 147 Å². The normalized spacial score (nSPS) is 36.3. The lowest BCUT2D eigenvalue weighted by atomic mass is 9.44. The molecule has 0 aromatic heterocycles. The number of ketones is 1. The first-order valence-corrected chi connectivity index (χ1v) is 9.87. The molecule has 24 heavy (non-hydrogen) atoms. The van der Waals surface area contributed by atoms with Crippen LogP contribution in [0.15, 0.2) is 0 Å². The highest BCUT2D eigenvalue weighted by Gasteiger charge is 2.63.